The van der Waals surface area contributed by atoms with Gasteiger partial charge in [-0.05, 0) is 40.2 Å². The van der Waals surface area contributed by atoms with Gasteiger partial charge in [-0.3, -0.25) is 4.79 Å². The van der Waals surface area contributed by atoms with Crippen molar-refractivity contribution in [3.8, 4) is 0 Å². The van der Waals surface area contributed by atoms with Gasteiger partial charge in [0.2, 0.25) is 0 Å². The third-order valence-corrected chi connectivity index (χ3v) is 3.72. The van der Waals surface area contributed by atoms with Crippen molar-refractivity contribution in [3.05, 3.63) is 41.2 Å². The Morgan fingerprint density at radius 2 is 2.04 bits per heavy atom. The van der Waals surface area contributed by atoms with Gasteiger partial charge in [-0.25, -0.2) is 9.97 Å². The maximum absolute atomic E-state index is 12.2. The van der Waals surface area contributed by atoms with Crippen molar-refractivity contribution < 1.29 is 13.9 Å². The van der Waals surface area contributed by atoms with Crippen molar-refractivity contribution in [2.24, 2.45) is 0 Å². The highest BCUT2D eigenvalue weighted by Gasteiger charge is 2.17. The zero-order chi connectivity index (χ0) is 18.4. The summed E-state index contributed by atoms with van der Waals surface area (Å²) in [5, 5.41) is 6.31. The van der Waals surface area contributed by atoms with Crippen molar-refractivity contribution in [3.63, 3.8) is 0 Å². The molecule has 2 N–H and O–H groups in total. The SMILES string of the molecule is COCc1nc(C)cc(NC(C)CC(C)NC(=O)c2occc2C)n1. The molecule has 2 aromatic rings. The van der Waals surface area contributed by atoms with E-state index in [4.69, 9.17) is 9.15 Å². The lowest BCUT2D eigenvalue weighted by Gasteiger charge is -2.20. The highest BCUT2D eigenvalue weighted by atomic mass is 16.5. The number of aryl methyl sites for hydroxylation is 2. The second-order valence-electron chi connectivity index (χ2n) is 6.33. The fraction of sp³-hybridized carbons (Fsp3) is 0.500. The zero-order valence-corrected chi connectivity index (χ0v) is 15.4. The normalized spacial score (nSPS) is 13.3. The molecule has 2 rings (SSSR count). The number of anilines is 1. The summed E-state index contributed by atoms with van der Waals surface area (Å²) in [5.41, 5.74) is 1.71. The van der Waals surface area contributed by atoms with E-state index in [2.05, 4.69) is 20.6 Å². The Hall–Kier alpha value is -2.41. The average Bonchev–Trinajstić information content (AvgIpc) is 2.92. The summed E-state index contributed by atoms with van der Waals surface area (Å²) in [7, 11) is 1.62. The Kier molecular flexibility index (Phi) is 6.52. The van der Waals surface area contributed by atoms with Crippen LogP contribution in [0, 0.1) is 13.8 Å². The monoisotopic (exact) mass is 346 g/mol. The van der Waals surface area contributed by atoms with Gasteiger partial charge in [-0.1, -0.05) is 0 Å². The Balaban J connectivity index is 1.90. The van der Waals surface area contributed by atoms with Gasteiger partial charge in [0.05, 0.1) is 6.26 Å². The van der Waals surface area contributed by atoms with E-state index in [1.54, 1.807) is 13.2 Å². The highest BCUT2D eigenvalue weighted by Crippen LogP contribution is 2.12. The van der Waals surface area contributed by atoms with Crippen LogP contribution in [0.1, 0.15) is 47.9 Å². The van der Waals surface area contributed by atoms with E-state index in [1.807, 2.05) is 33.8 Å². The van der Waals surface area contributed by atoms with Gasteiger partial charge in [-0.15, -0.1) is 0 Å². The minimum atomic E-state index is -0.192. The number of aromatic nitrogens is 2. The lowest BCUT2D eigenvalue weighted by molar-refractivity contribution is 0.0909. The zero-order valence-electron chi connectivity index (χ0n) is 15.4. The van der Waals surface area contributed by atoms with Crippen LogP contribution in [0.5, 0.6) is 0 Å². The molecule has 136 valence electrons. The molecule has 0 bridgehead atoms. The predicted molar refractivity (Wildman–Crippen MR) is 95.6 cm³/mol. The molecule has 2 atom stereocenters. The number of methoxy groups -OCH3 is 1. The molecule has 7 heteroatoms. The summed E-state index contributed by atoms with van der Waals surface area (Å²) in [5.74, 6) is 1.57. The van der Waals surface area contributed by atoms with Gasteiger partial charge in [0.1, 0.15) is 12.4 Å². The summed E-state index contributed by atoms with van der Waals surface area (Å²) >= 11 is 0. The molecule has 0 aliphatic carbocycles. The number of carbonyl (C=O) groups excluding carboxylic acids is 1. The van der Waals surface area contributed by atoms with Crippen LogP contribution in [0.4, 0.5) is 5.82 Å². The number of nitrogens with zero attached hydrogens (tertiary/aromatic N) is 2. The van der Waals surface area contributed by atoms with Crippen molar-refractivity contribution in [2.75, 3.05) is 12.4 Å². The minimum Gasteiger partial charge on any atom is -0.459 e. The number of hydrogen-bond acceptors (Lipinski definition) is 6. The number of carbonyl (C=O) groups is 1. The maximum Gasteiger partial charge on any atom is 0.287 e. The van der Waals surface area contributed by atoms with Gasteiger partial charge in [-0.2, -0.15) is 0 Å². The van der Waals surface area contributed by atoms with E-state index in [0.717, 1.165) is 23.5 Å². The molecule has 0 fully saturated rings. The molecule has 1 amide bonds. The standard InChI is InChI=1S/C18H26N4O3/c1-11-6-7-25-17(11)18(23)21-13(3)8-12(2)19-15-9-14(4)20-16(22-15)10-24-5/h6-7,9,12-13H,8,10H2,1-5H3,(H,21,23)(H,19,20,22). The second kappa shape index (κ2) is 8.62. The van der Waals surface area contributed by atoms with E-state index < -0.39 is 0 Å². The fourth-order valence-corrected chi connectivity index (χ4v) is 2.69. The molecule has 25 heavy (non-hydrogen) atoms. The first-order valence-corrected chi connectivity index (χ1v) is 8.34. The molecule has 2 aromatic heterocycles. The summed E-state index contributed by atoms with van der Waals surface area (Å²) in [4.78, 5) is 20.9. The van der Waals surface area contributed by atoms with Gasteiger partial charge >= 0.3 is 0 Å². The summed E-state index contributed by atoms with van der Waals surface area (Å²) in [6.07, 6.45) is 2.27. The molecule has 0 saturated carbocycles. The van der Waals surface area contributed by atoms with Gasteiger partial charge in [0.15, 0.2) is 11.6 Å². The molecular weight excluding hydrogens is 320 g/mol. The second-order valence-corrected chi connectivity index (χ2v) is 6.33. The van der Waals surface area contributed by atoms with Crippen molar-refractivity contribution in [2.45, 2.75) is 52.8 Å². The smallest absolute Gasteiger partial charge is 0.287 e. The van der Waals surface area contributed by atoms with Crippen LogP contribution >= 0.6 is 0 Å². The molecule has 2 heterocycles. The first kappa shape index (κ1) is 18.9. The van der Waals surface area contributed by atoms with Crippen LogP contribution in [0.3, 0.4) is 0 Å². The van der Waals surface area contributed by atoms with Crippen molar-refractivity contribution in [1.29, 1.82) is 0 Å². The Labute approximate surface area is 148 Å². The lowest BCUT2D eigenvalue weighted by atomic mass is 10.1. The minimum absolute atomic E-state index is 0.0131. The van der Waals surface area contributed by atoms with E-state index >= 15 is 0 Å². The highest BCUT2D eigenvalue weighted by molar-refractivity contribution is 5.92. The van der Waals surface area contributed by atoms with Gasteiger partial charge in [0.25, 0.3) is 5.91 Å². The number of hydrogen-bond donors (Lipinski definition) is 2. The summed E-state index contributed by atoms with van der Waals surface area (Å²) in [6, 6.07) is 3.78. The molecule has 0 aliphatic rings. The van der Waals surface area contributed by atoms with Crippen molar-refractivity contribution >= 4 is 11.7 Å². The van der Waals surface area contributed by atoms with E-state index in [9.17, 15) is 4.79 Å². The molecule has 2 unspecified atom stereocenters. The molecule has 7 nitrogen and oxygen atoms in total. The topological polar surface area (TPSA) is 89.3 Å². The number of amides is 1. The Morgan fingerprint density at radius 1 is 1.28 bits per heavy atom. The molecule has 0 spiro atoms. The average molecular weight is 346 g/mol. The van der Waals surface area contributed by atoms with Crippen LogP contribution in [0.15, 0.2) is 22.8 Å². The van der Waals surface area contributed by atoms with E-state index in [1.165, 1.54) is 6.26 Å². The quantitative estimate of drug-likeness (QED) is 0.764. The van der Waals surface area contributed by atoms with Gasteiger partial charge < -0.3 is 19.8 Å². The van der Waals surface area contributed by atoms with Crippen LogP contribution in [-0.4, -0.2) is 35.1 Å². The van der Waals surface area contributed by atoms with Crippen LogP contribution in [0.25, 0.3) is 0 Å². The summed E-state index contributed by atoms with van der Waals surface area (Å²) < 4.78 is 10.3. The maximum atomic E-state index is 12.2. The third kappa shape index (κ3) is 5.56. The van der Waals surface area contributed by atoms with Crippen LogP contribution < -0.4 is 10.6 Å². The first-order valence-electron chi connectivity index (χ1n) is 8.34. The number of furan rings is 1. The van der Waals surface area contributed by atoms with E-state index in [0.29, 0.717) is 18.2 Å². The molecule has 0 radical (unpaired) electrons. The van der Waals surface area contributed by atoms with Crippen molar-refractivity contribution in [1.82, 2.24) is 15.3 Å². The molecule has 0 saturated heterocycles. The molecule has 0 aromatic carbocycles. The largest absolute Gasteiger partial charge is 0.459 e. The van der Waals surface area contributed by atoms with Crippen LogP contribution in [0.2, 0.25) is 0 Å². The summed E-state index contributed by atoms with van der Waals surface area (Å²) in [6.45, 7) is 8.16. The molecular formula is C18H26N4O3. The Morgan fingerprint density at radius 3 is 2.68 bits per heavy atom. The van der Waals surface area contributed by atoms with Gasteiger partial charge in [0, 0.05) is 36.5 Å². The third-order valence-electron chi connectivity index (χ3n) is 3.72. The van der Waals surface area contributed by atoms with Crippen LogP contribution in [-0.2, 0) is 11.3 Å². The number of ether oxygens (including phenoxy) is 1. The first-order chi connectivity index (χ1) is 11.9. The number of rotatable bonds is 8. The predicted octanol–water partition coefficient (Wildman–Crippen LogP) is 2.84. The lowest BCUT2D eigenvalue weighted by Crippen LogP contribution is -2.36. The molecule has 0 aliphatic heterocycles. The number of nitrogens with one attached hydrogen (secondary N) is 2. The Bertz CT molecular complexity index is 714. The van der Waals surface area contributed by atoms with E-state index in [-0.39, 0.29) is 18.0 Å². The fourth-order valence-electron chi connectivity index (χ4n) is 2.69.